The van der Waals surface area contributed by atoms with Gasteiger partial charge in [-0.05, 0) is 50.3 Å². The van der Waals surface area contributed by atoms with Crippen molar-refractivity contribution in [2.45, 2.75) is 50.9 Å². The number of rotatable bonds is 4. The Morgan fingerprint density at radius 1 is 1.12 bits per heavy atom. The van der Waals surface area contributed by atoms with E-state index >= 15 is 0 Å². The highest BCUT2D eigenvalue weighted by Crippen LogP contribution is 2.38. The molecule has 2 aliphatic rings. The zero-order valence-corrected chi connectivity index (χ0v) is 18.4. The van der Waals surface area contributed by atoms with Gasteiger partial charge in [0.15, 0.2) is 0 Å². The molecule has 1 aliphatic heterocycles. The molecule has 10 heteroatoms. The van der Waals surface area contributed by atoms with Crippen molar-refractivity contribution in [2.24, 2.45) is 0 Å². The number of fused-ring (bicyclic) bond motifs is 1. The van der Waals surface area contributed by atoms with Crippen LogP contribution in [0.15, 0.2) is 30.6 Å². The molecular weight excluding hydrogens is 435 g/mol. The number of morpholine rings is 1. The van der Waals surface area contributed by atoms with E-state index in [-0.39, 0.29) is 17.7 Å². The van der Waals surface area contributed by atoms with Crippen LogP contribution in [-0.4, -0.2) is 52.2 Å². The lowest BCUT2D eigenvalue weighted by molar-refractivity contribution is -0.145. The van der Waals surface area contributed by atoms with Gasteiger partial charge in [0.05, 0.1) is 36.4 Å². The Morgan fingerprint density at radius 3 is 2.61 bits per heavy atom. The van der Waals surface area contributed by atoms with Gasteiger partial charge in [0.25, 0.3) is 0 Å². The number of nitrogens with zero attached hydrogens (tertiary/aromatic N) is 5. The molecule has 0 atom stereocenters. The van der Waals surface area contributed by atoms with E-state index in [1.165, 1.54) is 13.1 Å². The summed E-state index contributed by atoms with van der Waals surface area (Å²) in [6.07, 6.45) is 0.892. The molecule has 1 saturated carbocycles. The molecule has 0 N–H and O–H groups in total. The lowest BCUT2D eigenvalue weighted by Gasteiger charge is -2.31. The third-order valence-corrected chi connectivity index (χ3v) is 6.40. The highest BCUT2D eigenvalue weighted by molar-refractivity contribution is 5.85. The van der Waals surface area contributed by atoms with E-state index in [0.29, 0.717) is 44.8 Å². The van der Waals surface area contributed by atoms with Crippen LogP contribution >= 0.6 is 0 Å². The fraction of sp³-hybridized carbons (Fsp3) is 0.522. The van der Waals surface area contributed by atoms with Crippen LogP contribution in [0.2, 0.25) is 0 Å². The summed E-state index contributed by atoms with van der Waals surface area (Å²) in [4.78, 5) is 11.4. The maximum atomic E-state index is 13.5. The first-order chi connectivity index (χ1) is 15.9. The van der Waals surface area contributed by atoms with Gasteiger partial charge in [-0.15, -0.1) is 0 Å². The van der Waals surface area contributed by atoms with Crippen LogP contribution in [0, 0.1) is 6.92 Å². The van der Waals surface area contributed by atoms with Crippen LogP contribution in [0.1, 0.15) is 43.0 Å². The first-order valence-electron chi connectivity index (χ1n) is 11.3. The molecule has 4 heterocycles. The van der Waals surface area contributed by atoms with Gasteiger partial charge >= 0.3 is 6.18 Å². The van der Waals surface area contributed by atoms with Crippen LogP contribution in [0.25, 0.3) is 10.9 Å². The minimum absolute atomic E-state index is 0.122. The molecule has 0 aromatic carbocycles. The van der Waals surface area contributed by atoms with Crippen molar-refractivity contribution in [3.63, 3.8) is 0 Å². The summed E-state index contributed by atoms with van der Waals surface area (Å²) in [7, 11) is 0. The van der Waals surface area contributed by atoms with Gasteiger partial charge < -0.3 is 14.4 Å². The van der Waals surface area contributed by atoms with Crippen molar-refractivity contribution in [2.75, 3.05) is 31.2 Å². The fourth-order valence-corrected chi connectivity index (χ4v) is 4.72. The van der Waals surface area contributed by atoms with E-state index in [1.54, 1.807) is 6.20 Å². The number of alkyl halides is 3. The average Bonchev–Trinajstić information content (AvgIpc) is 3.22. The predicted molar refractivity (Wildman–Crippen MR) is 116 cm³/mol. The summed E-state index contributed by atoms with van der Waals surface area (Å²) in [5.41, 5.74) is 0.312. The van der Waals surface area contributed by atoms with Gasteiger partial charge in [-0.3, -0.25) is 9.67 Å². The summed E-state index contributed by atoms with van der Waals surface area (Å²) in [6, 6.07) is 5.45. The molecule has 3 aromatic heterocycles. The SMILES string of the molecule is Cc1cnn(C2CCC(Oc3nc(N4CCOCC4)cc4ncccc34)CC2)c1C(F)(F)F. The Hall–Kier alpha value is -2.88. The third-order valence-electron chi connectivity index (χ3n) is 6.40. The van der Waals surface area contributed by atoms with Crippen LogP contribution in [-0.2, 0) is 10.9 Å². The molecule has 1 saturated heterocycles. The Bertz CT molecular complexity index is 1120. The molecule has 5 rings (SSSR count). The maximum Gasteiger partial charge on any atom is 0.433 e. The third kappa shape index (κ3) is 4.48. The maximum absolute atomic E-state index is 13.5. The number of aryl methyl sites for hydroxylation is 1. The molecule has 7 nitrogen and oxygen atoms in total. The van der Waals surface area contributed by atoms with Crippen molar-refractivity contribution < 1.29 is 22.6 Å². The Balaban J connectivity index is 1.33. The number of ether oxygens (including phenoxy) is 2. The van der Waals surface area contributed by atoms with Gasteiger partial charge in [-0.1, -0.05) is 0 Å². The van der Waals surface area contributed by atoms with E-state index in [0.717, 1.165) is 34.5 Å². The normalized spacial score (nSPS) is 22.0. The fourth-order valence-electron chi connectivity index (χ4n) is 4.72. The number of aromatic nitrogens is 4. The topological polar surface area (TPSA) is 65.3 Å². The summed E-state index contributed by atoms with van der Waals surface area (Å²) >= 11 is 0. The van der Waals surface area contributed by atoms with Crippen LogP contribution in [0.4, 0.5) is 19.0 Å². The second-order valence-electron chi connectivity index (χ2n) is 8.62. The van der Waals surface area contributed by atoms with Crippen LogP contribution in [0.3, 0.4) is 0 Å². The van der Waals surface area contributed by atoms with Gasteiger partial charge in [0.2, 0.25) is 5.88 Å². The molecule has 3 aromatic rings. The van der Waals surface area contributed by atoms with Crippen molar-refractivity contribution in [1.82, 2.24) is 19.7 Å². The molecule has 33 heavy (non-hydrogen) atoms. The van der Waals surface area contributed by atoms with Crippen molar-refractivity contribution in [1.29, 1.82) is 0 Å². The summed E-state index contributed by atoms with van der Waals surface area (Å²) in [6.45, 7) is 4.25. The molecule has 1 aliphatic carbocycles. The van der Waals surface area contributed by atoms with Gasteiger partial charge in [0, 0.05) is 25.4 Å². The Labute approximate surface area is 189 Å². The summed E-state index contributed by atoms with van der Waals surface area (Å²) < 4.78 is 53.4. The van der Waals surface area contributed by atoms with Crippen molar-refractivity contribution in [3.8, 4) is 5.88 Å². The van der Waals surface area contributed by atoms with Crippen LogP contribution < -0.4 is 9.64 Å². The Kier molecular flexibility index (Phi) is 5.86. The monoisotopic (exact) mass is 461 g/mol. The number of hydrogen-bond acceptors (Lipinski definition) is 6. The van der Waals surface area contributed by atoms with Crippen molar-refractivity contribution in [3.05, 3.63) is 41.9 Å². The zero-order valence-electron chi connectivity index (χ0n) is 18.4. The molecule has 0 bridgehead atoms. The van der Waals surface area contributed by atoms with E-state index < -0.39 is 11.9 Å². The van der Waals surface area contributed by atoms with Crippen molar-refractivity contribution >= 4 is 16.7 Å². The van der Waals surface area contributed by atoms with Crippen LogP contribution in [0.5, 0.6) is 5.88 Å². The second kappa shape index (κ2) is 8.81. The predicted octanol–water partition coefficient (Wildman–Crippen LogP) is 4.55. The highest BCUT2D eigenvalue weighted by atomic mass is 19.4. The largest absolute Gasteiger partial charge is 0.474 e. The molecule has 176 valence electrons. The first kappa shape index (κ1) is 21.9. The lowest BCUT2D eigenvalue weighted by Crippen LogP contribution is -2.36. The van der Waals surface area contributed by atoms with Gasteiger partial charge in [-0.25, -0.2) is 0 Å². The second-order valence-corrected chi connectivity index (χ2v) is 8.62. The van der Waals surface area contributed by atoms with E-state index in [2.05, 4.69) is 15.0 Å². The minimum Gasteiger partial charge on any atom is -0.474 e. The highest BCUT2D eigenvalue weighted by Gasteiger charge is 2.39. The smallest absolute Gasteiger partial charge is 0.433 e. The molecule has 0 spiro atoms. The molecule has 0 radical (unpaired) electrons. The van der Waals surface area contributed by atoms with Gasteiger partial charge in [-0.2, -0.15) is 23.3 Å². The summed E-state index contributed by atoms with van der Waals surface area (Å²) in [5, 5.41) is 4.87. The standard InChI is InChI=1S/C23H26F3N5O2/c1-15-14-28-31(21(15)23(24,25)26)16-4-6-17(7-5-16)33-22-18-3-2-8-27-19(18)13-20(29-22)30-9-11-32-12-10-30/h2-3,8,13-14,16-17H,4-7,9-12H2,1H3. The number of hydrogen-bond donors (Lipinski definition) is 0. The van der Waals surface area contributed by atoms with E-state index in [1.807, 2.05) is 18.2 Å². The quantitative estimate of drug-likeness (QED) is 0.568. The summed E-state index contributed by atoms with van der Waals surface area (Å²) in [5.74, 6) is 1.33. The molecule has 2 fully saturated rings. The van der Waals surface area contributed by atoms with E-state index in [4.69, 9.17) is 14.5 Å². The lowest BCUT2D eigenvalue weighted by atomic mass is 9.92. The Morgan fingerprint density at radius 2 is 1.88 bits per heavy atom. The number of halogens is 3. The number of anilines is 1. The average molecular weight is 461 g/mol. The zero-order chi connectivity index (χ0) is 23.0. The first-order valence-corrected chi connectivity index (χ1v) is 11.3. The van der Waals surface area contributed by atoms with E-state index in [9.17, 15) is 13.2 Å². The van der Waals surface area contributed by atoms with Gasteiger partial charge in [0.1, 0.15) is 17.6 Å². The number of pyridine rings is 2. The molecule has 0 amide bonds. The molecular formula is C23H26F3N5O2. The molecule has 0 unspecified atom stereocenters. The minimum atomic E-state index is -4.41.